The van der Waals surface area contributed by atoms with Crippen LogP contribution in [0.1, 0.15) is 32.6 Å². The number of nitrogens with zero attached hydrogens (tertiary/aromatic N) is 1. The van der Waals surface area contributed by atoms with Crippen LogP contribution in [0.15, 0.2) is 0 Å². The predicted octanol–water partition coefficient (Wildman–Crippen LogP) is 1.19. The second kappa shape index (κ2) is 6.31. The van der Waals surface area contributed by atoms with Crippen molar-refractivity contribution in [2.24, 2.45) is 11.8 Å². The first-order valence-corrected chi connectivity index (χ1v) is 8.10. The molecule has 5 heteroatoms. The molecule has 0 spiro atoms. The number of nitrogens with one attached hydrogen (secondary N) is 2. The van der Waals surface area contributed by atoms with Crippen LogP contribution in [0.2, 0.25) is 0 Å². The zero-order valence-electron chi connectivity index (χ0n) is 12.4. The molecule has 5 nitrogen and oxygen atoms in total. The number of carbonyl (C=O) groups excluding carboxylic acids is 1. The highest BCUT2D eigenvalue weighted by molar-refractivity contribution is 5.74. The van der Waals surface area contributed by atoms with Gasteiger partial charge in [0, 0.05) is 31.7 Å². The second-order valence-corrected chi connectivity index (χ2v) is 6.55. The van der Waals surface area contributed by atoms with Gasteiger partial charge in [-0.25, -0.2) is 4.79 Å². The van der Waals surface area contributed by atoms with Crippen LogP contribution in [-0.4, -0.2) is 55.9 Å². The molecule has 0 radical (unpaired) electrons. The zero-order chi connectivity index (χ0) is 13.9. The number of morpholine rings is 1. The Bertz CT molecular complexity index is 324. The summed E-state index contributed by atoms with van der Waals surface area (Å²) in [5, 5.41) is 6.25. The molecule has 2 aliphatic carbocycles. The maximum atomic E-state index is 12.0. The Kier molecular flexibility index (Phi) is 4.46. The van der Waals surface area contributed by atoms with Crippen molar-refractivity contribution < 1.29 is 9.53 Å². The summed E-state index contributed by atoms with van der Waals surface area (Å²) in [6.07, 6.45) is 5.19. The summed E-state index contributed by atoms with van der Waals surface area (Å²) in [4.78, 5) is 14.4. The normalized spacial score (nSPS) is 25.5. The summed E-state index contributed by atoms with van der Waals surface area (Å²) < 4.78 is 5.35. The topological polar surface area (TPSA) is 53.6 Å². The Morgan fingerprint density at radius 2 is 1.80 bits per heavy atom. The van der Waals surface area contributed by atoms with Gasteiger partial charge in [-0.3, -0.25) is 4.90 Å². The first kappa shape index (κ1) is 14.1. The SMILES string of the molecule is CC(CNC(=O)NC(C1CC1)C1CC1)N1CCOCC1. The lowest BCUT2D eigenvalue weighted by Crippen LogP contribution is -2.50. The quantitative estimate of drug-likeness (QED) is 0.769. The summed E-state index contributed by atoms with van der Waals surface area (Å²) in [6.45, 7) is 6.44. The van der Waals surface area contributed by atoms with Crippen LogP contribution >= 0.6 is 0 Å². The average Bonchev–Trinajstić information content (AvgIpc) is 3.36. The molecule has 2 amide bonds. The lowest BCUT2D eigenvalue weighted by atomic mass is 10.1. The Balaban J connectivity index is 1.37. The molecule has 20 heavy (non-hydrogen) atoms. The van der Waals surface area contributed by atoms with E-state index < -0.39 is 0 Å². The number of carbonyl (C=O) groups is 1. The molecule has 1 atom stereocenters. The summed E-state index contributed by atoms with van der Waals surface area (Å²) in [6, 6.07) is 0.840. The molecule has 2 saturated carbocycles. The van der Waals surface area contributed by atoms with Gasteiger partial charge >= 0.3 is 6.03 Å². The molecular formula is C15H27N3O2. The highest BCUT2D eigenvalue weighted by Crippen LogP contribution is 2.44. The fourth-order valence-corrected chi connectivity index (χ4v) is 3.12. The average molecular weight is 281 g/mol. The molecule has 1 unspecified atom stereocenters. The molecule has 2 N–H and O–H groups in total. The van der Waals surface area contributed by atoms with Crippen molar-refractivity contribution in [1.29, 1.82) is 0 Å². The molecule has 1 aliphatic heterocycles. The van der Waals surface area contributed by atoms with Gasteiger partial charge in [0.1, 0.15) is 0 Å². The van der Waals surface area contributed by atoms with E-state index in [1.54, 1.807) is 0 Å². The molecule has 3 fully saturated rings. The van der Waals surface area contributed by atoms with Crippen LogP contribution in [0.5, 0.6) is 0 Å². The van der Waals surface area contributed by atoms with E-state index in [2.05, 4.69) is 22.5 Å². The van der Waals surface area contributed by atoms with Crippen molar-refractivity contribution >= 4 is 6.03 Å². The van der Waals surface area contributed by atoms with Crippen LogP contribution in [0.4, 0.5) is 4.79 Å². The van der Waals surface area contributed by atoms with Crippen molar-refractivity contribution in [3.8, 4) is 0 Å². The summed E-state index contributed by atoms with van der Waals surface area (Å²) >= 11 is 0. The van der Waals surface area contributed by atoms with Gasteiger partial charge in [0.2, 0.25) is 0 Å². The van der Waals surface area contributed by atoms with E-state index in [0.717, 1.165) is 38.1 Å². The molecule has 3 aliphatic rings. The molecule has 1 heterocycles. The van der Waals surface area contributed by atoms with Crippen LogP contribution < -0.4 is 10.6 Å². The summed E-state index contributed by atoms with van der Waals surface area (Å²) in [5.74, 6) is 1.51. The summed E-state index contributed by atoms with van der Waals surface area (Å²) in [5.41, 5.74) is 0. The minimum atomic E-state index is 0.0221. The lowest BCUT2D eigenvalue weighted by molar-refractivity contribution is 0.0208. The fourth-order valence-electron chi connectivity index (χ4n) is 3.12. The number of hydrogen-bond acceptors (Lipinski definition) is 3. The molecule has 114 valence electrons. The van der Waals surface area contributed by atoms with Crippen molar-refractivity contribution in [3.05, 3.63) is 0 Å². The molecule has 0 aromatic rings. The third-order valence-electron chi connectivity index (χ3n) is 4.78. The van der Waals surface area contributed by atoms with E-state index in [0.29, 0.717) is 18.6 Å². The van der Waals surface area contributed by atoms with E-state index in [9.17, 15) is 4.79 Å². The predicted molar refractivity (Wildman–Crippen MR) is 77.6 cm³/mol. The van der Waals surface area contributed by atoms with Crippen molar-refractivity contribution in [1.82, 2.24) is 15.5 Å². The van der Waals surface area contributed by atoms with Gasteiger partial charge < -0.3 is 15.4 Å². The highest BCUT2D eigenvalue weighted by Gasteiger charge is 2.42. The molecule has 0 aromatic heterocycles. The minimum absolute atomic E-state index is 0.0221. The van der Waals surface area contributed by atoms with Gasteiger partial charge in [-0.1, -0.05) is 0 Å². The number of rotatable bonds is 6. The van der Waals surface area contributed by atoms with Gasteiger partial charge in [-0.15, -0.1) is 0 Å². The van der Waals surface area contributed by atoms with E-state index >= 15 is 0 Å². The van der Waals surface area contributed by atoms with Crippen molar-refractivity contribution in [3.63, 3.8) is 0 Å². The van der Waals surface area contributed by atoms with E-state index in [1.165, 1.54) is 25.7 Å². The number of urea groups is 1. The minimum Gasteiger partial charge on any atom is -0.379 e. The smallest absolute Gasteiger partial charge is 0.315 e. The van der Waals surface area contributed by atoms with Crippen molar-refractivity contribution in [2.45, 2.75) is 44.7 Å². The monoisotopic (exact) mass is 281 g/mol. The van der Waals surface area contributed by atoms with Crippen LogP contribution in [-0.2, 0) is 4.74 Å². The van der Waals surface area contributed by atoms with E-state index in [4.69, 9.17) is 4.74 Å². The summed E-state index contributed by atoms with van der Waals surface area (Å²) in [7, 11) is 0. The first-order chi connectivity index (χ1) is 9.74. The third kappa shape index (κ3) is 3.85. The first-order valence-electron chi connectivity index (χ1n) is 8.10. The third-order valence-corrected chi connectivity index (χ3v) is 4.78. The Hall–Kier alpha value is -0.810. The van der Waals surface area contributed by atoms with Gasteiger partial charge in [-0.2, -0.15) is 0 Å². The van der Waals surface area contributed by atoms with Crippen molar-refractivity contribution in [2.75, 3.05) is 32.8 Å². The van der Waals surface area contributed by atoms with Gasteiger partial charge in [-0.05, 0) is 44.4 Å². The number of ether oxygens (including phenoxy) is 1. The van der Waals surface area contributed by atoms with Gasteiger partial charge in [0.05, 0.1) is 13.2 Å². The van der Waals surface area contributed by atoms with E-state index in [1.807, 2.05) is 0 Å². The molecule has 0 aromatic carbocycles. The van der Waals surface area contributed by atoms with Crippen LogP contribution in [0.3, 0.4) is 0 Å². The molecule has 0 bridgehead atoms. The van der Waals surface area contributed by atoms with Gasteiger partial charge in [0.25, 0.3) is 0 Å². The van der Waals surface area contributed by atoms with Gasteiger partial charge in [0.15, 0.2) is 0 Å². The standard InChI is InChI=1S/C15H27N3O2/c1-11(18-6-8-20-9-7-18)10-16-15(19)17-14(12-2-3-12)13-4-5-13/h11-14H,2-10H2,1H3,(H2,16,17,19). The Morgan fingerprint density at radius 1 is 1.20 bits per heavy atom. The fraction of sp³-hybridized carbons (Fsp3) is 0.933. The van der Waals surface area contributed by atoms with E-state index in [-0.39, 0.29) is 6.03 Å². The lowest BCUT2D eigenvalue weighted by Gasteiger charge is -2.32. The maximum absolute atomic E-state index is 12.0. The zero-order valence-corrected chi connectivity index (χ0v) is 12.4. The molecule has 3 rings (SSSR count). The maximum Gasteiger partial charge on any atom is 0.315 e. The molecule has 1 saturated heterocycles. The Morgan fingerprint density at radius 3 is 2.35 bits per heavy atom. The Labute approximate surface area is 121 Å². The van der Waals surface area contributed by atoms with Crippen LogP contribution in [0.25, 0.3) is 0 Å². The molecular weight excluding hydrogens is 254 g/mol. The highest BCUT2D eigenvalue weighted by atomic mass is 16.5. The largest absolute Gasteiger partial charge is 0.379 e. The number of amides is 2. The second-order valence-electron chi connectivity index (χ2n) is 6.55. The number of hydrogen-bond donors (Lipinski definition) is 2. The van der Waals surface area contributed by atoms with Crippen LogP contribution in [0, 0.1) is 11.8 Å².